The lowest BCUT2D eigenvalue weighted by atomic mass is 10.5. The normalized spacial score (nSPS) is 13.0. The Balaban J connectivity index is 3.56. The minimum atomic E-state index is 0.0598. The molecule has 0 rings (SSSR count). The molecule has 0 heterocycles. The second-order valence-corrected chi connectivity index (χ2v) is 7.82. The minimum Gasteiger partial charge on any atom is -0.516 e. The molecule has 0 saturated heterocycles. The Bertz CT molecular complexity index is 72.2. The van der Waals surface area contributed by atoms with E-state index in [-0.39, 0.29) is 1.43 Å². The summed E-state index contributed by atoms with van der Waals surface area (Å²) in [6.45, 7) is 2.00. The molecule has 3 heteroatoms. The van der Waals surface area contributed by atoms with Crippen molar-refractivity contribution in [1.82, 2.24) is 0 Å². The summed E-state index contributed by atoms with van der Waals surface area (Å²) in [7, 11) is 0. The van der Waals surface area contributed by atoms with E-state index < -0.39 is 0 Å². The molecular weight excluding hydrogens is 318 g/mol. The molecule has 0 aliphatic carbocycles. The minimum absolute atomic E-state index is 0.0598. The van der Waals surface area contributed by atoms with Crippen LogP contribution >= 0.6 is 45.2 Å². The van der Waals surface area contributed by atoms with Gasteiger partial charge >= 0.3 is 0 Å². The van der Waals surface area contributed by atoms with Gasteiger partial charge < -0.3 is 5.11 Å². The summed E-state index contributed by atoms with van der Waals surface area (Å²) in [5.41, 5.74) is 0. The average molecular weight is 324 g/mol. The van der Waals surface area contributed by atoms with Crippen LogP contribution in [0.25, 0.3) is 0 Å². The van der Waals surface area contributed by atoms with Crippen molar-refractivity contribution in [2.24, 2.45) is 0 Å². The zero-order valence-electron chi connectivity index (χ0n) is 3.86. The predicted octanol–water partition coefficient (Wildman–Crippen LogP) is 2.64. The van der Waals surface area contributed by atoms with E-state index in [1.54, 1.807) is 6.08 Å². The van der Waals surface area contributed by atoms with Crippen molar-refractivity contribution < 1.29 is 5.11 Å². The summed E-state index contributed by atoms with van der Waals surface area (Å²) in [6, 6.07) is 0. The number of rotatable bonds is 1. The highest BCUT2D eigenvalue weighted by Crippen LogP contribution is 2.27. The first-order valence-electron chi connectivity index (χ1n) is 1.76. The molecule has 0 aromatic heterocycles. The quantitative estimate of drug-likeness (QED) is 0.447. The lowest BCUT2D eigenvalue weighted by Crippen LogP contribution is -1.95. The van der Waals surface area contributed by atoms with Crippen LogP contribution in [-0.4, -0.2) is 6.53 Å². The molecular formula is C4H6I2O. The van der Waals surface area contributed by atoms with Crippen LogP contribution in [0.3, 0.4) is 0 Å². The van der Waals surface area contributed by atoms with Gasteiger partial charge in [0.15, 0.2) is 0 Å². The zero-order valence-corrected chi connectivity index (χ0v) is 8.17. The van der Waals surface area contributed by atoms with Crippen molar-refractivity contribution in [3.63, 3.8) is 0 Å². The first kappa shape index (κ1) is 8.00. The first-order valence-corrected chi connectivity index (χ1v) is 3.92. The van der Waals surface area contributed by atoms with E-state index in [4.69, 9.17) is 5.11 Å². The summed E-state index contributed by atoms with van der Waals surface area (Å²) >= 11 is 4.43. The Hall–Kier alpha value is 1.00. The second-order valence-electron chi connectivity index (χ2n) is 1.27. The maximum atomic E-state index is 8.21. The maximum Gasteiger partial charge on any atom is 0.0917 e. The molecule has 1 nitrogen and oxygen atoms in total. The Labute approximate surface area is 70.5 Å². The molecule has 0 bridgehead atoms. The van der Waals surface area contributed by atoms with Crippen LogP contribution in [0.2, 0.25) is 0 Å². The molecule has 0 aromatic rings. The van der Waals surface area contributed by atoms with Gasteiger partial charge in [-0.1, -0.05) is 45.2 Å². The summed E-state index contributed by atoms with van der Waals surface area (Å²) in [5, 5.41) is 8.21. The monoisotopic (exact) mass is 324 g/mol. The molecule has 0 aliphatic rings. The predicted molar refractivity (Wildman–Crippen MR) is 48.2 cm³/mol. The molecule has 0 aromatic carbocycles. The standard InChI is InChI=1S/C4H6I2O/c1-4(5,6)2-3-7/h2-3,7H,1H3. The number of aliphatic hydroxyl groups excluding tert-OH is 1. The first-order chi connectivity index (χ1) is 3.06. The lowest BCUT2D eigenvalue weighted by Gasteiger charge is -2.03. The van der Waals surface area contributed by atoms with Gasteiger partial charge in [-0.25, -0.2) is 0 Å². The van der Waals surface area contributed by atoms with E-state index in [9.17, 15) is 0 Å². The highest BCUT2D eigenvalue weighted by molar-refractivity contribution is 14.2. The number of hydrogen-bond acceptors (Lipinski definition) is 1. The fourth-order valence-electron chi connectivity index (χ4n) is 0.131. The molecule has 0 atom stereocenters. The van der Waals surface area contributed by atoms with Gasteiger partial charge in [0.2, 0.25) is 0 Å². The Kier molecular flexibility index (Phi) is 3.56. The molecule has 42 valence electrons. The van der Waals surface area contributed by atoms with Crippen molar-refractivity contribution in [3.05, 3.63) is 12.3 Å². The van der Waals surface area contributed by atoms with E-state index in [0.717, 1.165) is 6.26 Å². The number of halogens is 2. The smallest absolute Gasteiger partial charge is 0.0917 e. The molecule has 0 spiro atoms. The molecule has 0 unspecified atom stereocenters. The van der Waals surface area contributed by atoms with Crippen LogP contribution in [0.4, 0.5) is 0 Å². The van der Waals surface area contributed by atoms with Gasteiger partial charge in [-0.3, -0.25) is 0 Å². The Morgan fingerprint density at radius 3 is 2.00 bits per heavy atom. The van der Waals surface area contributed by atoms with Crippen LogP contribution in [0, 0.1) is 0 Å². The maximum absolute atomic E-state index is 8.21. The van der Waals surface area contributed by atoms with Gasteiger partial charge in [-0.2, -0.15) is 0 Å². The van der Waals surface area contributed by atoms with Crippen molar-refractivity contribution in [2.75, 3.05) is 0 Å². The average Bonchev–Trinajstić information content (AvgIpc) is 1.30. The molecule has 0 radical (unpaired) electrons. The van der Waals surface area contributed by atoms with Crippen molar-refractivity contribution in [2.45, 2.75) is 8.35 Å². The van der Waals surface area contributed by atoms with Crippen molar-refractivity contribution in [3.8, 4) is 0 Å². The van der Waals surface area contributed by atoms with Gasteiger partial charge in [0.05, 0.1) is 7.69 Å². The summed E-state index contributed by atoms with van der Waals surface area (Å²) in [6.07, 6.45) is 2.78. The highest BCUT2D eigenvalue weighted by atomic mass is 127. The molecule has 0 amide bonds. The van der Waals surface area contributed by atoms with Crippen molar-refractivity contribution in [1.29, 1.82) is 0 Å². The summed E-state index contributed by atoms with van der Waals surface area (Å²) in [5.74, 6) is 0. The zero-order chi connectivity index (χ0) is 5.91. The number of hydrogen-bond donors (Lipinski definition) is 1. The fourth-order valence-corrected chi connectivity index (χ4v) is 0.453. The third-order valence-electron chi connectivity index (χ3n) is 0.367. The molecule has 0 saturated carbocycles. The van der Waals surface area contributed by atoms with Crippen molar-refractivity contribution >= 4 is 45.2 Å². The number of aliphatic hydroxyl groups is 1. The SMILES string of the molecule is CC(I)(I)C=CO. The fraction of sp³-hybridized carbons (Fsp3) is 0.500. The number of allylic oxidation sites excluding steroid dienone is 1. The van der Waals surface area contributed by atoms with Gasteiger partial charge in [0, 0.05) is 0 Å². The third kappa shape index (κ3) is 7.00. The second kappa shape index (κ2) is 3.11. The Morgan fingerprint density at radius 2 is 2.00 bits per heavy atom. The van der Waals surface area contributed by atoms with Gasteiger partial charge in [0.1, 0.15) is 0 Å². The lowest BCUT2D eigenvalue weighted by molar-refractivity contribution is 0.471. The third-order valence-corrected chi connectivity index (χ3v) is 1.09. The van der Waals surface area contributed by atoms with E-state index >= 15 is 0 Å². The highest BCUT2D eigenvalue weighted by Gasteiger charge is 2.07. The topological polar surface area (TPSA) is 20.2 Å². The molecule has 0 aliphatic heterocycles. The van der Waals surface area contributed by atoms with Crippen LogP contribution < -0.4 is 0 Å². The largest absolute Gasteiger partial charge is 0.516 e. The summed E-state index contributed by atoms with van der Waals surface area (Å²) in [4.78, 5) is 0. The van der Waals surface area contributed by atoms with E-state index in [1.165, 1.54) is 0 Å². The molecule has 1 N–H and O–H groups in total. The van der Waals surface area contributed by atoms with Crippen LogP contribution in [-0.2, 0) is 0 Å². The van der Waals surface area contributed by atoms with E-state index in [2.05, 4.69) is 45.2 Å². The van der Waals surface area contributed by atoms with E-state index in [1.807, 2.05) is 6.92 Å². The molecule has 0 fully saturated rings. The van der Waals surface area contributed by atoms with Gasteiger partial charge in [0.25, 0.3) is 0 Å². The summed E-state index contributed by atoms with van der Waals surface area (Å²) < 4.78 is 0.0598. The van der Waals surface area contributed by atoms with E-state index in [0.29, 0.717) is 0 Å². The van der Waals surface area contributed by atoms with Crippen LogP contribution in [0.15, 0.2) is 12.3 Å². The van der Waals surface area contributed by atoms with Crippen LogP contribution in [0.1, 0.15) is 6.92 Å². The van der Waals surface area contributed by atoms with Crippen LogP contribution in [0.5, 0.6) is 0 Å². The van der Waals surface area contributed by atoms with Gasteiger partial charge in [-0.15, -0.1) is 0 Å². The Morgan fingerprint density at radius 1 is 1.57 bits per heavy atom. The van der Waals surface area contributed by atoms with Gasteiger partial charge in [-0.05, 0) is 13.0 Å². The molecule has 7 heavy (non-hydrogen) atoms. The number of alkyl halides is 2.